The molecule has 0 saturated carbocycles. The van der Waals surface area contributed by atoms with Gasteiger partial charge < -0.3 is 15.3 Å². The average Bonchev–Trinajstić information content (AvgIpc) is 2.58. The van der Waals surface area contributed by atoms with Crippen LogP contribution in [-0.4, -0.2) is 41.6 Å². The number of carbonyl (C=O) groups excluding carboxylic acids is 1. The number of likely N-dealkylation sites (tertiary alicyclic amines) is 1. The third kappa shape index (κ3) is 6.22. The van der Waals surface area contributed by atoms with E-state index < -0.39 is 5.97 Å². The van der Waals surface area contributed by atoms with Gasteiger partial charge in [0.25, 0.3) is 0 Å². The lowest BCUT2D eigenvalue weighted by atomic mass is 9.90. The van der Waals surface area contributed by atoms with Crippen molar-refractivity contribution in [2.24, 2.45) is 5.92 Å². The molecule has 2 amide bonds. The fraction of sp³-hybridized carbons (Fsp3) is 0.579. The monoisotopic (exact) mass is 332 g/mol. The Morgan fingerprint density at radius 1 is 1.21 bits per heavy atom. The maximum absolute atomic E-state index is 12.0. The first-order valence-electron chi connectivity index (χ1n) is 8.84. The minimum atomic E-state index is -0.821. The largest absolute Gasteiger partial charge is 0.481 e. The summed E-state index contributed by atoms with van der Waals surface area (Å²) in [7, 11) is 0. The number of piperidine rings is 1. The summed E-state index contributed by atoms with van der Waals surface area (Å²) < 4.78 is 0. The molecule has 5 nitrogen and oxygen atoms in total. The molecule has 1 aliphatic heterocycles. The van der Waals surface area contributed by atoms with E-state index in [1.165, 1.54) is 17.5 Å². The first kappa shape index (κ1) is 18.3. The number of nitrogens with one attached hydrogen (secondary N) is 1. The molecule has 0 aliphatic carbocycles. The highest BCUT2D eigenvalue weighted by Crippen LogP contribution is 2.22. The summed E-state index contributed by atoms with van der Waals surface area (Å²) in [5.74, 6) is -0.138. The number of rotatable bonds is 7. The maximum Gasteiger partial charge on any atom is 0.317 e. The zero-order valence-corrected chi connectivity index (χ0v) is 14.5. The van der Waals surface area contributed by atoms with Crippen molar-refractivity contribution in [3.63, 3.8) is 0 Å². The molecule has 0 aromatic heterocycles. The molecule has 1 aromatic carbocycles. The number of hydrogen-bond donors (Lipinski definition) is 2. The summed E-state index contributed by atoms with van der Waals surface area (Å²) in [4.78, 5) is 24.3. The fourth-order valence-electron chi connectivity index (χ4n) is 3.10. The van der Waals surface area contributed by atoms with Gasteiger partial charge in [-0.15, -0.1) is 0 Å². The van der Waals surface area contributed by atoms with E-state index >= 15 is 0 Å². The molecule has 0 radical (unpaired) electrons. The van der Waals surface area contributed by atoms with E-state index in [-0.39, 0.29) is 12.5 Å². The molecule has 132 valence electrons. The van der Waals surface area contributed by atoms with E-state index in [1.54, 1.807) is 0 Å². The summed E-state index contributed by atoms with van der Waals surface area (Å²) in [6.45, 7) is 4.12. The number of benzene rings is 1. The van der Waals surface area contributed by atoms with Crippen LogP contribution in [0.15, 0.2) is 24.3 Å². The summed E-state index contributed by atoms with van der Waals surface area (Å²) in [5.41, 5.74) is 2.68. The third-order valence-corrected chi connectivity index (χ3v) is 4.71. The molecule has 2 rings (SSSR count). The second-order valence-electron chi connectivity index (χ2n) is 6.68. The number of hydrogen-bond acceptors (Lipinski definition) is 2. The van der Waals surface area contributed by atoms with Gasteiger partial charge in [0.2, 0.25) is 0 Å². The van der Waals surface area contributed by atoms with Gasteiger partial charge in [-0.05, 0) is 50.5 Å². The SMILES string of the molecule is Cc1ccc(CCC2CCN(C(=O)NCCCC(=O)O)CC2)cc1. The number of nitrogens with zero attached hydrogens (tertiary/aromatic N) is 1. The highest BCUT2D eigenvalue weighted by atomic mass is 16.4. The van der Waals surface area contributed by atoms with E-state index in [2.05, 4.69) is 36.5 Å². The molecule has 0 bridgehead atoms. The molecule has 1 heterocycles. The predicted octanol–water partition coefficient (Wildman–Crippen LogP) is 3.21. The summed E-state index contributed by atoms with van der Waals surface area (Å²) in [6, 6.07) is 8.67. The lowest BCUT2D eigenvalue weighted by molar-refractivity contribution is -0.137. The van der Waals surface area contributed by atoms with E-state index in [0.717, 1.165) is 32.4 Å². The summed E-state index contributed by atoms with van der Waals surface area (Å²) >= 11 is 0. The topological polar surface area (TPSA) is 69.6 Å². The van der Waals surface area contributed by atoms with Crippen molar-refractivity contribution in [1.29, 1.82) is 0 Å². The average molecular weight is 332 g/mol. The second-order valence-corrected chi connectivity index (χ2v) is 6.68. The number of carbonyl (C=O) groups is 2. The highest BCUT2D eigenvalue weighted by molar-refractivity contribution is 5.74. The molecule has 0 atom stereocenters. The standard InChI is InChI=1S/C19H28N2O3/c1-15-4-6-16(7-5-15)8-9-17-10-13-21(14-11-17)19(24)20-12-2-3-18(22)23/h4-7,17H,2-3,8-14H2,1H3,(H,20,24)(H,22,23). The second kappa shape index (κ2) is 9.30. The van der Waals surface area contributed by atoms with E-state index in [0.29, 0.717) is 18.9 Å². The molecule has 2 N–H and O–H groups in total. The van der Waals surface area contributed by atoms with Gasteiger partial charge in [0, 0.05) is 26.1 Å². The Kier molecular flexibility index (Phi) is 7.09. The Bertz CT molecular complexity index is 534. The van der Waals surface area contributed by atoms with E-state index in [9.17, 15) is 9.59 Å². The van der Waals surface area contributed by atoms with Gasteiger partial charge in [-0.3, -0.25) is 4.79 Å². The first-order valence-corrected chi connectivity index (χ1v) is 8.84. The van der Waals surface area contributed by atoms with Crippen LogP contribution in [0.5, 0.6) is 0 Å². The molecule has 1 aliphatic rings. The van der Waals surface area contributed by atoms with Gasteiger partial charge in [0.05, 0.1) is 0 Å². The van der Waals surface area contributed by atoms with Crippen molar-refractivity contribution in [3.8, 4) is 0 Å². The van der Waals surface area contributed by atoms with Crippen molar-refractivity contribution in [2.75, 3.05) is 19.6 Å². The normalized spacial score (nSPS) is 15.3. The molecule has 24 heavy (non-hydrogen) atoms. The van der Waals surface area contributed by atoms with Gasteiger partial charge in [-0.25, -0.2) is 4.79 Å². The Morgan fingerprint density at radius 3 is 2.50 bits per heavy atom. The summed E-state index contributed by atoms with van der Waals surface area (Å²) in [6.07, 6.45) is 4.96. The molecule has 0 spiro atoms. The maximum atomic E-state index is 12.0. The third-order valence-electron chi connectivity index (χ3n) is 4.71. The van der Waals surface area contributed by atoms with Gasteiger partial charge >= 0.3 is 12.0 Å². The molecule has 1 aromatic rings. The molecule has 5 heteroatoms. The van der Waals surface area contributed by atoms with E-state index in [4.69, 9.17) is 5.11 Å². The van der Waals surface area contributed by atoms with Crippen LogP contribution in [0.3, 0.4) is 0 Å². The first-order chi connectivity index (χ1) is 11.5. The van der Waals surface area contributed by atoms with Gasteiger partial charge in [-0.1, -0.05) is 29.8 Å². The van der Waals surface area contributed by atoms with Crippen molar-refractivity contribution in [2.45, 2.75) is 45.4 Å². The Hall–Kier alpha value is -2.04. The van der Waals surface area contributed by atoms with Gasteiger partial charge in [0.1, 0.15) is 0 Å². The van der Waals surface area contributed by atoms with Gasteiger partial charge in [-0.2, -0.15) is 0 Å². The Labute approximate surface area is 144 Å². The number of carboxylic acids is 1. The molecule has 1 fully saturated rings. The molecular formula is C19H28N2O3. The lowest BCUT2D eigenvalue weighted by Gasteiger charge is -2.32. The quantitative estimate of drug-likeness (QED) is 0.753. The minimum absolute atomic E-state index is 0.0580. The Morgan fingerprint density at radius 2 is 1.88 bits per heavy atom. The predicted molar refractivity (Wildman–Crippen MR) is 94.1 cm³/mol. The smallest absolute Gasteiger partial charge is 0.317 e. The van der Waals surface area contributed by atoms with Crippen LogP contribution in [0.25, 0.3) is 0 Å². The van der Waals surface area contributed by atoms with E-state index in [1.807, 2.05) is 4.90 Å². The zero-order chi connectivity index (χ0) is 17.4. The van der Waals surface area contributed by atoms with Crippen molar-refractivity contribution in [3.05, 3.63) is 35.4 Å². The van der Waals surface area contributed by atoms with Crippen LogP contribution in [0.1, 0.15) is 43.2 Å². The number of urea groups is 1. The molecule has 1 saturated heterocycles. The number of aryl methyl sites for hydroxylation is 2. The van der Waals surface area contributed by atoms with Crippen LogP contribution in [0.4, 0.5) is 4.79 Å². The minimum Gasteiger partial charge on any atom is -0.481 e. The van der Waals surface area contributed by atoms with Crippen LogP contribution < -0.4 is 5.32 Å². The molecular weight excluding hydrogens is 304 g/mol. The number of aliphatic carboxylic acids is 1. The summed E-state index contributed by atoms with van der Waals surface area (Å²) in [5, 5.41) is 11.4. The highest BCUT2D eigenvalue weighted by Gasteiger charge is 2.22. The van der Waals surface area contributed by atoms with Gasteiger partial charge in [0.15, 0.2) is 0 Å². The molecule has 0 unspecified atom stereocenters. The van der Waals surface area contributed by atoms with Crippen LogP contribution in [0.2, 0.25) is 0 Å². The van der Waals surface area contributed by atoms with Crippen molar-refractivity contribution in [1.82, 2.24) is 10.2 Å². The van der Waals surface area contributed by atoms with Crippen molar-refractivity contribution >= 4 is 12.0 Å². The van der Waals surface area contributed by atoms with Crippen LogP contribution in [-0.2, 0) is 11.2 Å². The number of amides is 2. The lowest BCUT2D eigenvalue weighted by Crippen LogP contribution is -2.44. The zero-order valence-electron chi connectivity index (χ0n) is 14.5. The Balaban J connectivity index is 1.62. The number of carboxylic acid groups (broad SMARTS) is 1. The van der Waals surface area contributed by atoms with Crippen molar-refractivity contribution < 1.29 is 14.7 Å². The fourth-order valence-corrected chi connectivity index (χ4v) is 3.10. The van der Waals surface area contributed by atoms with Crippen LogP contribution in [0, 0.1) is 12.8 Å². The van der Waals surface area contributed by atoms with Crippen LogP contribution >= 0.6 is 0 Å².